The fourth-order valence-electron chi connectivity index (χ4n) is 3.46. The molecule has 20 heavy (non-hydrogen) atoms. The molecule has 0 spiro atoms. The van der Waals surface area contributed by atoms with Gasteiger partial charge >= 0.3 is 0 Å². The molecule has 0 aromatic heterocycles. The average molecular weight is 339 g/mol. The molecule has 3 rings (SSSR count). The maximum atomic E-state index is 5.56. The van der Waals surface area contributed by atoms with Crippen LogP contribution < -0.4 is 5.32 Å². The van der Waals surface area contributed by atoms with Crippen LogP contribution in [-0.4, -0.2) is 44.3 Å². The van der Waals surface area contributed by atoms with Crippen LogP contribution in [0.3, 0.4) is 0 Å². The molecule has 3 nitrogen and oxygen atoms in total. The Labute approximate surface area is 129 Å². The lowest BCUT2D eigenvalue weighted by Crippen LogP contribution is -2.47. The van der Waals surface area contributed by atoms with E-state index in [1.165, 1.54) is 22.9 Å². The molecule has 4 heteroatoms. The van der Waals surface area contributed by atoms with E-state index in [0.717, 1.165) is 45.3 Å². The fraction of sp³-hybridized carbons (Fsp3) is 0.625. The van der Waals surface area contributed by atoms with Crippen molar-refractivity contribution in [2.24, 2.45) is 5.92 Å². The maximum absolute atomic E-state index is 5.56. The molecule has 0 radical (unpaired) electrons. The third-order valence-electron chi connectivity index (χ3n) is 4.45. The van der Waals surface area contributed by atoms with E-state index in [4.69, 9.17) is 4.74 Å². The second-order valence-electron chi connectivity index (χ2n) is 5.74. The third-order valence-corrected chi connectivity index (χ3v) is 4.94. The first-order valence-electron chi connectivity index (χ1n) is 7.62. The standard InChI is InChI=1S/C16H23BrN2O/c17-15-3-1-2-14(12-15)16(13-4-10-20-11-5-13)19-8-6-18-7-9-19/h1-3,12-13,16,18H,4-11H2/t16-/m1/s1. The Morgan fingerprint density at radius 3 is 2.65 bits per heavy atom. The van der Waals surface area contributed by atoms with E-state index < -0.39 is 0 Å². The zero-order valence-electron chi connectivity index (χ0n) is 11.9. The Morgan fingerprint density at radius 2 is 1.95 bits per heavy atom. The van der Waals surface area contributed by atoms with Gasteiger partial charge < -0.3 is 10.1 Å². The van der Waals surface area contributed by atoms with E-state index >= 15 is 0 Å². The van der Waals surface area contributed by atoms with Crippen LogP contribution in [0.2, 0.25) is 0 Å². The molecule has 1 N–H and O–H groups in total. The van der Waals surface area contributed by atoms with Gasteiger partial charge in [0.25, 0.3) is 0 Å². The van der Waals surface area contributed by atoms with Crippen molar-refractivity contribution in [2.75, 3.05) is 39.4 Å². The average Bonchev–Trinajstić information content (AvgIpc) is 2.50. The predicted molar refractivity (Wildman–Crippen MR) is 84.9 cm³/mol. The molecular weight excluding hydrogens is 316 g/mol. The summed E-state index contributed by atoms with van der Waals surface area (Å²) >= 11 is 3.62. The molecule has 0 bridgehead atoms. The Hall–Kier alpha value is -0.420. The van der Waals surface area contributed by atoms with Crippen molar-refractivity contribution >= 4 is 15.9 Å². The SMILES string of the molecule is Brc1cccc([C@@H](C2CCOCC2)N2CCNCC2)c1. The van der Waals surface area contributed by atoms with Gasteiger partial charge in [0.05, 0.1) is 0 Å². The van der Waals surface area contributed by atoms with Crippen LogP contribution in [0, 0.1) is 5.92 Å². The second-order valence-corrected chi connectivity index (χ2v) is 6.65. The largest absolute Gasteiger partial charge is 0.381 e. The van der Waals surface area contributed by atoms with Crippen LogP contribution in [0.5, 0.6) is 0 Å². The first-order chi connectivity index (χ1) is 9.84. The summed E-state index contributed by atoms with van der Waals surface area (Å²) in [6.45, 7) is 6.34. The smallest absolute Gasteiger partial charge is 0.0469 e. The van der Waals surface area contributed by atoms with Crippen molar-refractivity contribution in [3.63, 3.8) is 0 Å². The molecule has 1 aromatic rings. The minimum absolute atomic E-state index is 0.540. The highest BCUT2D eigenvalue weighted by atomic mass is 79.9. The summed E-state index contributed by atoms with van der Waals surface area (Å²) in [5.41, 5.74) is 1.45. The minimum atomic E-state index is 0.540. The van der Waals surface area contributed by atoms with Gasteiger partial charge in [-0.25, -0.2) is 0 Å². The molecule has 110 valence electrons. The monoisotopic (exact) mass is 338 g/mol. The van der Waals surface area contributed by atoms with E-state index in [1.54, 1.807) is 0 Å². The van der Waals surface area contributed by atoms with Gasteiger partial charge in [0.1, 0.15) is 0 Å². The summed E-state index contributed by atoms with van der Waals surface area (Å²) in [4.78, 5) is 2.66. The van der Waals surface area contributed by atoms with Gasteiger partial charge in [0.2, 0.25) is 0 Å². The summed E-state index contributed by atoms with van der Waals surface area (Å²) in [6, 6.07) is 9.39. The minimum Gasteiger partial charge on any atom is -0.381 e. The summed E-state index contributed by atoms with van der Waals surface area (Å²) < 4.78 is 6.74. The van der Waals surface area contributed by atoms with Crippen molar-refractivity contribution in [2.45, 2.75) is 18.9 Å². The Kier molecular flexibility index (Phi) is 5.10. The number of halogens is 1. The van der Waals surface area contributed by atoms with Crippen molar-refractivity contribution < 1.29 is 4.74 Å². The molecule has 2 saturated heterocycles. The molecule has 0 aliphatic carbocycles. The zero-order chi connectivity index (χ0) is 13.8. The lowest BCUT2D eigenvalue weighted by atomic mass is 9.85. The summed E-state index contributed by atoms with van der Waals surface area (Å²) in [7, 11) is 0. The van der Waals surface area contributed by atoms with Gasteiger partial charge in [-0.15, -0.1) is 0 Å². The van der Waals surface area contributed by atoms with E-state index in [2.05, 4.69) is 50.4 Å². The van der Waals surface area contributed by atoms with E-state index in [1.807, 2.05) is 0 Å². The molecule has 0 amide bonds. The molecular formula is C16H23BrN2O. The van der Waals surface area contributed by atoms with Gasteiger partial charge in [-0.3, -0.25) is 4.90 Å². The molecule has 2 aliphatic rings. The Balaban J connectivity index is 1.85. The number of hydrogen-bond acceptors (Lipinski definition) is 3. The lowest BCUT2D eigenvalue weighted by Gasteiger charge is -2.41. The molecule has 1 atom stereocenters. The Morgan fingerprint density at radius 1 is 1.20 bits per heavy atom. The number of piperazine rings is 1. The number of nitrogens with zero attached hydrogens (tertiary/aromatic N) is 1. The van der Waals surface area contributed by atoms with E-state index in [-0.39, 0.29) is 0 Å². The van der Waals surface area contributed by atoms with Crippen LogP contribution >= 0.6 is 15.9 Å². The maximum Gasteiger partial charge on any atom is 0.0469 e. The summed E-state index contributed by atoms with van der Waals surface area (Å²) in [6.07, 6.45) is 2.36. The third kappa shape index (κ3) is 3.42. The number of ether oxygens (including phenoxy) is 1. The highest BCUT2D eigenvalue weighted by molar-refractivity contribution is 9.10. The van der Waals surface area contributed by atoms with Gasteiger partial charge in [0, 0.05) is 49.9 Å². The topological polar surface area (TPSA) is 24.5 Å². The second kappa shape index (κ2) is 7.03. The van der Waals surface area contributed by atoms with Crippen LogP contribution in [0.4, 0.5) is 0 Å². The highest BCUT2D eigenvalue weighted by Crippen LogP contribution is 2.36. The van der Waals surface area contributed by atoms with E-state index in [9.17, 15) is 0 Å². The lowest BCUT2D eigenvalue weighted by molar-refractivity contribution is 0.0213. The number of nitrogens with one attached hydrogen (secondary N) is 1. The van der Waals surface area contributed by atoms with E-state index in [0.29, 0.717) is 6.04 Å². The summed E-state index contributed by atoms with van der Waals surface area (Å²) in [5.74, 6) is 0.719. The molecule has 1 aromatic carbocycles. The van der Waals surface area contributed by atoms with Gasteiger partial charge in [-0.2, -0.15) is 0 Å². The van der Waals surface area contributed by atoms with Crippen LogP contribution in [0.25, 0.3) is 0 Å². The van der Waals surface area contributed by atoms with Gasteiger partial charge in [0.15, 0.2) is 0 Å². The quantitative estimate of drug-likeness (QED) is 0.917. The van der Waals surface area contributed by atoms with Crippen LogP contribution in [0.1, 0.15) is 24.4 Å². The predicted octanol–water partition coefficient (Wildman–Crippen LogP) is 2.82. The molecule has 0 unspecified atom stereocenters. The van der Waals surface area contributed by atoms with Crippen molar-refractivity contribution in [3.8, 4) is 0 Å². The molecule has 2 aliphatic heterocycles. The van der Waals surface area contributed by atoms with Crippen LogP contribution in [0.15, 0.2) is 28.7 Å². The molecule has 2 fully saturated rings. The Bertz CT molecular complexity index is 410. The van der Waals surface area contributed by atoms with Crippen LogP contribution in [-0.2, 0) is 4.74 Å². The number of rotatable bonds is 3. The van der Waals surface area contributed by atoms with Gasteiger partial charge in [-0.05, 0) is 36.5 Å². The van der Waals surface area contributed by atoms with Crippen molar-refractivity contribution in [1.82, 2.24) is 10.2 Å². The zero-order valence-corrected chi connectivity index (χ0v) is 13.4. The normalized spacial score (nSPS) is 23.6. The first-order valence-corrected chi connectivity index (χ1v) is 8.42. The molecule has 2 heterocycles. The first kappa shape index (κ1) is 14.5. The van der Waals surface area contributed by atoms with Crippen molar-refractivity contribution in [3.05, 3.63) is 34.3 Å². The van der Waals surface area contributed by atoms with Gasteiger partial charge in [-0.1, -0.05) is 28.1 Å². The highest BCUT2D eigenvalue weighted by Gasteiger charge is 2.31. The number of hydrogen-bond donors (Lipinski definition) is 1. The fourth-order valence-corrected chi connectivity index (χ4v) is 3.88. The number of benzene rings is 1. The van der Waals surface area contributed by atoms with Crippen molar-refractivity contribution in [1.29, 1.82) is 0 Å². The molecule has 0 saturated carbocycles. The summed E-state index contributed by atoms with van der Waals surface area (Å²) in [5, 5.41) is 3.46.